The van der Waals surface area contributed by atoms with Crippen molar-refractivity contribution in [1.29, 1.82) is 0 Å². The highest BCUT2D eigenvalue weighted by molar-refractivity contribution is 6.25. The fourth-order valence-corrected chi connectivity index (χ4v) is 0.369. The number of nitrogens with one attached hydrogen (secondary N) is 1. The van der Waals surface area contributed by atoms with Gasteiger partial charge < -0.3 is 0 Å². The molecule has 0 saturated carbocycles. The van der Waals surface area contributed by atoms with E-state index in [1.165, 1.54) is 5.54 Å². The van der Waals surface area contributed by atoms with Gasteiger partial charge in [-0.1, -0.05) is 17.7 Å². The van der Waals surface area contributed by atoms with Crippen molar-refractivity contribution in [3.05, 3.63) is 11.6 Å². The second-order valence-corrected chi connectivity index (χ2v) is 1.87. The monoisotopic (exact) mass is 134 g/mol. The Bertz CT molecular complexity index is 70.8. The summed E-state index contributed by atoms with van der Waals surface area (Å²) >= 11 is 5.25. The lowest BCUT2D eigenvalue weighted by Crippen LogP contribution is -2.30. The summed E-state index contributed by atoms with van der Waals surface area (Å²) in [6, 6.07) is 0. The molecule has 0 rings (SSSR count). The van der Waals surface area contributed by atoms with Crippen molar-refractivity contribution in [2.75, 3.05) is 20.6 Å². The molecule has 0 radical (unpaired) electrons. The molecule has 0 aromatic heterocycles. The quantitative estimate of drug-likeness (QED) is 0.575. The molecule has 0 spiro atoms. The number of nitrogens with zero attached hydrogens (tertiary/aromatic N) is 1. The zero-order chi connectivity index (χ0) is 6.41. The molecule has 8 heavy (non-hydrogen) atoms. The SMILES string of the molecule is CN(C)NC/C=C/Cl. The smallest absolute Gasteiger partial charge is 0.0294 e. The zero-order valence-electron chi connectivity index (χ0n) is 5.19. The maximum atomic E-state index is 5.25. The molecule has 3 heteroatoms. The molecular weight excluding hydrogens is 124 g/mol. The van der Waals surface area contributed by atoms with Crippen LogP contribution in [-0.4, -0.2) is 25.6 Å². The molecule has 0 heterocycles. The first-order valence-corrected chi connectivity index (χ1v) is 2.87. The van der Waals surface area contributed by atoms with Gasteiger partial charge in [-0.2, -0.15) is 0 Å². The lowest BCUT2D eigenvalue weighted by molar-refractivity contribution is 0.306. The van der Waals surface area contributed by atoms with Gasteiger partial charge in [0.2, 0.25) is 0 Å². The maximum absolute atomic E-state index is 5.25. The third-order valence-electron chi connectivity index (χ3n) is 0.614. The van der Waals surface area contributed by atoms with Crippen LogP contribution in [0.2, 0.25) is 0 Å². The van der Waals surface area contributed by atoms with Gasteiger partial charge >= 0.3 is 0 Å². The largest absolute Gasteiger partial charge is 0.252 e. The van der Waals surface area contributed by atoms with Gasteiger partial charge in [0.05, 0.1) is 0 Å². The number of rotatable bonds is 3. The molecule has 0 aliphatic heterocycles. The molecule has 0 unspecified atom stereocenters. The lowest BCUT2D eigenvalue weighted by atomic mass is 10.6. The summed E-state index contributed by atoms with van der Waals surface area (Å²) in [5.41, 5.74) is 4.50. The maximum Gasteiger partial charge on any atom is 0.0294 e. The first kappa shape index (κ1) is 7.95. The van der Waals surface area contributed by atoms with E-state index in [0.29, 0.717) is 0 Å². The van der Waals surface area contributed by atoms with Crippen molar-refractivity contribution in [2.45, 2.75) is 0 Å². The molecule has 0 bridgehead atoms. The number of hydrogen-bond acceptors (Lipinski definition) is 2. The molecular formula is C5H11ClN2. The van der Waals surface area contributed by atoms with Gasteiger partial charge in [0.15, 0.2) is 0 Å². The predicted molar refractivity (Wildman–Crippen MR) is 36.7 cm³/mol. The highest BCUT2D eigenvalue weighted by atomic mass is 35.5. The van der Waals surface area contributed by atoms with E-state index in [2.05, 4.69) is 5.43 Å². The van der Waals surface area contributed by atoms with Gasteiger partial charge in [-0.15, -0.1) is 0 Å². The van der Waals surface area contributed by atoms with Crippen LogP contribution < -0.4 is 5.43 Å². The van der Waals surface area contributed by atoms with Gasteiger partial charge in [0.25, 0.3) is 0 Å². The van der Waals surface area contributed by atoms with Crippen LogP contribution >= 0.6 is 11.6 Å². The average molecular weight is 135 g/mol. The molecule has 48 valence electrons. The predicted octanol–water partition coefficient (Wildman–Crippen LogP) is 0.805. The van der Waals surface area contributed by atoms with E-state index in [1.807, 2.05) is 25.2 Å². The van der Waals surface area contributed by atoms with E-state index in [1.54, 1.807) is 0 Å². The third kappa shape index (κ3) is 5.95. The summed E-state index contributed by atoms with van der Waals surface area (Å²) < 4.78 is 0. The minimum Gasteiger partial charge on any atom is -0.252 e. The molecule has 0 aliphatic carbocycles. The first-order valence-electron chi connectivity index (χ1n) is 2.43. The van der Waals surface area contributed by atoms with Crippen LogP contribution in [0, 0.1) is 0 Å². The minimum atomic E-state index is 0.788. The first-order chi connectivity index (χ1) is 3.77. The number of halogens is 1. The summed E-state index contributed by atoms with van der Waals surface area (Å²) in [6.45, 7) is 0.788. The van der Waals surface area contributed by atoms with Gasteiger partial charge in [-0.05, 0) is 0 Å². The van der Waals surface area contributed by atoms with Crippen LogP contribution in [0.3, 0.4) is 0 Å². The summed E-state index contributed by atoms with van der Waals surface area (Å²) in [5, 5.41) is 1.87. The molecule has 0 atom stereocenters. The van der Waals surface area contributed by atoms with Crippen molar-refractivity contribution < 1.29 is 0 Å². The summed E-state index contributed by atoms with van der Waals surface area (Å²) in [4.78, 5) is 0. The highest BCUT2D eigenvalue weighted by Gasteiger charge is 1.79. The van der Waals surface area contributed by atoms with Crippen molar-refractivity contribution >= 4 is 11.6 Å². The molecule has 0 aliphatic rings. The van der Waals surface area contributed by atoms with Crippen LogP contribution in [0.15, 0.2) is 11.6 Å². The average Bonchev–Trinajstić information content (AvgIpc) is 1.66. The van der Waals surface area contributed by atoms with Gasteiger partial charge in [-0.3, -0.25) is 10.4 Å². The highest BCUT2D eigenvalue weighted by Crippen LogP contribution is 1.74. The second kappa shape index (κ2) is 5.09. The van der Waals surface area contributed by atoms with Crippen molar-refractivity contribution in [3.8, 4) is 0 Å². The molecule has 2 nitrogen and oxygen atoms in total. The Balaban J connectivity index is 2.93. The fraction of sp³-hybridized carbons (Fsp3) is 0.600. The van der Waals surface area contributed by atoms with E-state index >= 15 is 0 Å². The van der Waals surface area contributed by atoms with Crippen molar-refractivity contribution in [1.82, 2.24) is 10.4 Å². The molecule has 0 aromatic rings. The zero-order valence-corrected chi connectivity index (χ0v) is 5.94. The Morgan fingerprint density at radius 1 is 1.62 bits per heavy atom. The van der Waals surface area contributed by atoms with Gasteiger partial charge in [0, 0.05) is 26.2 Å². The molecule has 0 fully saturated rings. The van der Waals surface area contributed by atoms with Crippen LogP contribution in [-0.2, 0) is 0 Å². The van der Waals surface area contributed by atoms with E-state index in [0.717, 1.165) is 6.54 Å². The number of hydrogen-bond donors (Lipinski definition) is 1. The Hall–Kier alpha value is -0.0500. The minimum absolute atomic E-state index is 0.788. The standard InChI is InChI=1S/C5H11ClN2/c1-8(2)7-5-3-4-6/h3-4,7H,5H2,1-2H3/b4-3+. The Morgan fingerprint density at radius 2 is 2.25 bits per heavy atom. The fourth-order valence-electron chi connectivity index (χ4n) is 0.280. The molecule has 1 N–H and O–H groups in total. The molecule has 0 saturated heterocycles. The van der Waals surface area contributed by atoms with Crippen LogP contribution in [0.5, 0.6) is 0 Å². The van der Waals surface area contributed by atoms with Crippen LogP contribution in [0.4, 0.5) is 0 Å². The normalized spacial score (nSPS) is 11.5. The van der Waals surface area contributed by atoms with Crippen molar-refractivity contribution in [2.24, 2.45) is 0 Å². The summed E-state index contributed by atoms with van der Waals surface area (Å²) in [7, 11) is 3.87. The summed E-state index contributed by atoms with van der Waals surface area (Å²) in [6.07, 6.45) is 1.83. The van der Waals surface area contributed by atoms with Crippen LogP contribution in [0.25, 0.3) is 0 Å². The van der Waals surface area contributed by atoms with Crippen molar-refractivity contribution in [3.63, 3.8) is 0 Å². The van der Waals surface area contributed by atoms with Gasteiger partial charge in [-0.25, -0.2) is 0 Å². The van der Waals surface area contributed by atoms with Crippen LogP contribution in [0.1, 0.15) is 0 Å². The summed E-state index contributed by atoms with van der Waals surface area (Å²) in [5.74, 6) is 0. The van der Waals surface area contributed by atoms with E-state index in [-0.39, 0.29) is 0 Å². The lowest BCUT2D eigenvalue weighted by Gasteiger charge is -2.07. The van der Waals surface area contributed by atoms with Gasteiger partial charge in [0.1, 0.15) is 0 Å². The molecule has 0 amide bonds. The Morgan fingerprint density at radius 3 is 2.62 bits per heavy atom. The van der Waals surface area contributed by atoms with E-state index < -0.39 is 0 Å². The Labute approximate surface area is 55.1 Å². The van der Waals surface area contributed by atoms with E-state index in [4.69, 9.17) is 11.6 Å². The third-order valence-corrected chi connectivity index (χ3v) is 0.793. The second-order valence-electron chi connectivity index (χ2n) is 1.62. The Kier molecular flexibility index (Phi) is 5.06. The molecule has 0 aromatic carbocycles. The van der Waals surface area contributed by atoms with E-state index in [9.17, 15) is 0 Å². The topological polar surface area (TPSA) is 15.3 Å². The number of hydrazine groups is 1.